The molecule has 4 nitrogen and oxygen atoms in total. The first-order valence-electron chi connectivity index (χ1n) is 8.29. The largest absolute Gasteiger partial charge is 0.356 e. The molecule has 0 spiro atoms. The van der Waals surface area contributed by atoms with Crippen LogP contribution in [-0.4, -0.2) is 11.0 Å². The summed E-state index contributed by atoms with van der Waals surface area (Å²) in [5.41, 5.74) is 2.44. The number of halogens is 1. The second-order valence-corrected chi connectivity index (χ2v) is 7.24. The van der Waals surface area contributed by atoms with Gasteiger partial charge in [0.15, 0.2) is 5.11 Å². The average Bonchev–Trinajstić information content (AvgIpc) is 3.18. The highest BCUT2D eigenvalue weighted by atomic mass is 32.1. The number of amides is 1. The van der Waals surface area contributed by atoms with Gasteiger partial charge in [0, 0.05) is 11.4 Å². The van der Waals surface area contributed by atoms with Crippen LogP contribution in [0.5, 0.6) is 0 Å². The van der Waals surface area contributed by atoms with Crippen molar-refractivity contribution in [2.75, 3.05) is 10.6 Å². The van der Waals surface area contributed by atoms with Gasteiger partial charge in [0.25, 0.3) is 5.91 Å². The minimum atomic E-state index is -0.266. The zero-order valence-corrected chi connectivity index (χ0v) is 16.2. The third kappa shape index (κ3) is 5.35. The van der Waals surface area contributed by atoms with Crippen LogP contribution in [0, 0.1) is 5.82 Å². The molecule has 27 heavy (non-hydrogen) atoms. The predicted octanol–water partition coefficient (Wildman–Crippen LogP) is 5.19. The smallest absolute Gasteiger partial charge is 0.265 e. The second kappa shape index (κ2) is 8.75. The Morgan fingerprint density at radius 1 is 1.00 bits per heavy atom. The van der Waals surface area contributed by atoms with Crippen LogP contribution in [0.15, 0.2) is 66.0 Å². The number of benzene rings is 2. The van der Waals surface area contributed by atoms with E-state index < -0.39 is 0 Å². The summed E-state index contributed by atoms with van der Waals surface area (Å²) < 4.78 is 13.0. The number of carbonyl (C=O) groups is 1. The van der Waals surface area contributed by atoms with Gasteiger partial charge in [-0.15, -0.1) is 11.3 Å². The number of rotatable bonds is 5. The Balaban J connectivity index is 1.53. The fourth-order valence-electron chi connectivity index (χ4n) is 2.44. The lowest BCUT2D eigenvalue weighted by Crippen LogP contribution is -2.30. The predicted molar refractivity (Wildman–Crippen MR) is 113 cm³/mol. The lowest BCUT2D eigenvalue weighted by atomic mass is 10.1. The van der Waals surface area contributed by atoms with Gasteiger partial charge in [0.05, 0.1) is 10.9 Å². The lowest BCUT2D eigenvalue weighted by molar-refractivity contribution is 0.103. The van der Waals surface area contributed by atoms with Gasteiger partial charge in [-0.25, -0.2) is 4.39 Å². The SMILES string of the molecule is CC(NC(=S)Nc1ccc(NC(=O)c2cccs2)cc1)c1ccc(F)cc1. The lowest BCUT2D eigenvalue weighted by Gasteiger charge is -2.17. The number of anilines is 2. The van der Waals surface area contributed by atoms with Crippen LogP contribution in [-0.2, 0) is 0 Å². The highest BCUT2D eigenvalue weighted by Crippen LogP contribution is 2.17. The van der Waals surface area contributed by atoms with Crippen molar-refractivity contribution in [3.63, 3.8) is 0 Å². The molecule has 3 rings (SSSR count). The molecule has 0 radical (unpaired) electrons. The second-order valence-electron chi connectivity index (χ2n) is 5.88. The molecule has 1 heterocycles. The number of hydrogen-bond acceptors (Lipinski definition) is 3. The van der Waals surface area contributed by atoms with E-state index in [9.17, 15) is 9.18 Å². The number of thiophene rings is 1. The van der Waals surface area contributed by atoms with Crippen molar-refractivity contribution in [3.8, 4) is 0 Å². The van der Waals surface area contributed by atoms with E-state index >= 15 is 0 Å². The number of thiocarbonyl (C=S) groups is 1. The van der Waals surface area contributed by atoms with Gasteiger partial charge in [0.2, 0.25) is 0 Å². The number of nitrogens with one attached hydrogen (secondary N) is 3. The van der Waals surface area contributed by atoms with Gasteiger partial charge in [-0.3, -0.25) is 4.79 Å². The summed E-state index contributed by atoms with van der Waals surface area (Å²) in [6.07, 6.45) is 0. The van der Waals surface area contributed by atoms with E-state index in [1.807, 2.05) is 30.5 Å². The van der Waals surface area contributed by atoms with Crippen LogP contribution in [0.2, 0.25) is 0 Å². The highest BCUT2D eigenvalue weighted by molar-refractivity contribution is 7.80. The van der Waals surface area contributed by atoms with Crippen molar-refractivity contribution < 1.29 is 9.18 Å². The molecule has 2 aromatic carbocycles. The molecule has 0 aliphatic rings. The van der Waals surface area contributed by atoms with E-state index in [4.69, 9.17) is 12.2 Å². The molecule has 138 valence electrons. The first-order valence-corrected chi connectivity index (χ1v) is 9.58. The zero-order chi connectivity index (χ0) is 19.2. The van der Waals surface area contributed by atoms with Crippen LogP contribution in [0.3, 0.4) is 0 Å². The Hall–Kier alpha value is -2.77. The molecule has 7 heteroatoms. The topological polar surface area (TPSA) is 53.2 Å². The van der Waals surface area contributed by atoms with Crippen molar-refractivity contribution in [3.05, 3.63) is 82.3 Å². The Morgan fingerprint density at radius 3 is 2.22 bits per heavy atom. The van der Waals surface area contributed by atoms with Crippen LogP contribution < -0.4 is 16.0 Å². The van der Waals surface area contributed by atoms with Gasteiger partial charge in [0.1, 0.15) is 5.82 Å². The van der Waals surface area contributed by atoms with Crippen molar-refractivity contribution >= 4 is 45.9 Å². The van der Waals surface area contributed by atoms with Crippen LogP contribution in [0.25, 0.3) is 0 Å². The first kappa shape index (κ1) is 19.0. The van der Waals surface area contributed by atoms with E-state index in [-0.39, 0.29) is 17.8 Å². The third-order valence-corrected chi connectivity index (χ3v) is 4.95. The minimum absolute atomic E-state index is 0.0602. The molecule has 1 aromatic heterocycles. The fourth-order valence-corrected chi connectivity index (χ4v) is 3.35. The van der Waals surface area contributed by atoms with Crippen molar-refractivity contribution in [2.24, 2.45) is 0 Å². The maximum Gasteiger partial charge on any atom is 0.265 e. The van der Waals surface area contributed by atoms with E-state index in [0.717, 1.165) is 11.3 Å². The Morgan fingerprint density at radius 2 is 1.63 bits per heavy atom. The van der Waals surface area contributed by atoms with E-state index in [1.54, 1.807) is 30.3 Å². The Kier molecular flexibility index (Phi) is 6.16. The molecule has 0 fully saturated rings. The monoisotopic (exact) mass is 399 g/mol. The average molecular weight is 400 g/mol. The summed E-state index contributed by atoms with van der Waals surface area (Å²) in [6.45, 7) is 1.95. The summed E-state index contributed by atoms with van der Waals surface area (Å²) in [6, 6.07) is 17.1. The van der Waals surface area contributed by atoms with Crippen LogP contribution in [0.4, 0.5) is 15.8 Å². The molecule has 1 unspecified atom stereocenters. The maximum absolute atomic E-state index is 13.0. The van der Waals surface area contributed by atoms with Crippen LogP contribution in [0.1, 0.15) is 28.2 Å². The molecule has 3 N–H and O–H groups in total. The van der Waals surface area contributed by atoms with E-state index in [2.05, 4.69) is 16.0 Å². The van der Waals surface area contributed by atoms with Gasteiger partial charge < -0.3 is 16.0 Å². The summed E-state index contributed by atoms with van der Waals surface area (Å²) in [4.78, 5) is 12.7. The number of carbonyl (C=O) groups excluding carboxylic acids is 1. The molecule has 0 saturated carbocycles. The van der Waals surface area contributed by atoms with Crippen LogP contribution >= 0.6 is 23.6 Å². The molecule has 1 atom stereocenters. The first-order chi connectivity index (χ1) is 13.0. The fraction of sp³-hybridized carbons (Fsp3) is 0.100. The summed E-state index contributed by atoms with van der Waals surface area (Å²) in [5, 5.41) is 11.4. The minimum Gasteiger partial charge on any atom is -0.356 e. The van der Waals surface area contributed by atoms with Crippen molar-refractivity contribution in [2.45, 2.75) is 13.0 Å². The third-order valence-electron chi connectivity index (χ3n) is 3.86. The van der Waals surface area contributed by atoms with E-state index in [1.165, 1.54) is 23.5 Å². The quantitative estimate of drug-likeness (QED) is 0.517. The van der Waals surface area contributed by atoms with Gasteiger partial charge in [-0.05, 0) is 72.5 Å². The molecule has 0 aliphatic carbocycles. The molecular weight excluding hydrogens is 381 g/mol. The molecular formula is C20H18FN3OS2. The van der Waals surface area contributed by atoms with Gasteiger partial charge in [-0.1, -0.05) is 18.2 Å². The van der Waals surface area contributed by atoms with Crippen molar-refractivity contribution in [1.82, 2.24) is 5.32 Å². The highest BCUT2D eigenvalue weighted by Gasteiger charge is 2.09. The summed E-state index contributed by atoms with van der Waals surface area (Å²) >= 11 is 6.73. The Bertz CT molecular complexity index is 909. The van der Waals surface area contributed by atoms with Crippen molar-refractivity contribution in [1.29, 1.82) is 0 Å². The standard InChI is InChI=1S/C20H18FN3OS2/c1-13(14-4-6-15(21)7-5-14)22-20(26)24-17-10-8-16(9-11-17)23-19(25)18-3-2-12-27-18/h2-13H,1H3,(H,23,25)(H2,22,24,26). The maximum atomic E-state index is 13.0. The molecule has 0 aliphatic heterocycles. The number of hydrogen-bond donors (Lipinski definition) is 3. The molecule has 0 saturated heterocycles. The normalized spacial score (nSPS) is 11.5. The summed E-state index contributed by atoms with van der Waals surface area (Å²) in [5.74, 6) is -0.395. The molecule has 1 amide bonds. The molecule has 3 aromatic rings. The zero-order valence-electron chi connectivity index (χ0n) is 14.5. The van der Waals surface area contributed by atoms with Gasteiger partial charge in [-0.2, -0.15) is 0 Å². The summed E-state index contributed by atoms with van der Waals surface area (Å²) in [7, 11) is 0. The molecule has 0 bridgehead atoms. The Labute approximate surface area is 166 Å². The van der Waals surface area contributed by atoms with E-state index in [0.29, 0.717) is 15.7 Å². The van der Waals surface area contributed by atoms with Gasteiger partial charge >= 0.3 is 0 Å².